The van der Waals surface area contributed by atoms with E-state index >= 15 is 0 Å². The molecule has 3 rings (SSSR count). The standard InChI is InChI=1S/C10H13N8O6P/c11-8-6-9(14-2-13-8)18(3-15-6)10-7(19)5(16-17-12)4(24-10)1-23-25(20,21)22/h2-5,7,10,19H,1H2,(H2,11,13,14)(H2,20,21,22)/t4-,5+,7-,10-/m1/s1. The minimum atomic E-state index is -4.76. The molecule has 14 nitrogen and oxygen atoms in total. The number of aliphatic hydroxyl groups is 1. The van der Waals surface area contributed by atoms with Gasteiger partial charge in [-0.05, 0) is 5.53 Å². The van der Waals surface area contributed by atoms with E-state index in [0.717, 1.165) is 0 Å². The van der Waals surface area contributed by atoms with Crippen LogP contribution >= 0.6 is 7.82 Å². The average Bonchev–Trinajstić information content (AvgIpc) is 3.09. The molecule has 0 aliphatic carbocycles. The van der Waals surface area contributed by atoms with E-state index in [4.69, 9.17) is 25.8 Å². The SMILES string of the molecule is [N-]=[N+]=N[C@@H]1[C@@H](O)[C@H](n2cnc3c(N)ncnc32)O[C@@H]1COP(=O)(O)O. The van der Waals surface area contributed by atoms with Crippen LogP contribution in [-0.2, 0) is 13.8 Å². The van der Waals surface area contributed by atoms with Crippen LogP contribution in [0.15, 0.2) is 17.8 Å². The highest BCUT2D eigenvalue weighted by Gasteiger charge is 2.45. The van der Waals surface area contributed by atoms with E-state index in [1.54, 1.807) is 0 Å². The first-order valence-corrected chi connectivity index (χ1v) is 8.35. The number of fused-ring (bicyclic) bond motifs is 1. The van der Waals surface area contributed by atoms with Crippen LogP contribution < -0.4 is 5.73 Å². The molecule has 134 valence electrons. The zero-order chi connectivity index (χ0) is 18.2. The summed E-state index contributed by atoms with van der Waals surface area (Å²) >= 11 is 0. The maximum Gasteiger partial charge on any atom is 0.469 e. The summed E-state index contributed by atoms with van der Waals surface area (Å²) in [6.07, 6.45) is -1.01. The summed E-state index contributed by atoms with van der Waals surface area (Å²) in [5.41, 5.74) is 14.9. The maximum atomic E-state index is 10.9. The van der Waals surface area contributed by atoms with E-state index < -0.39 is 38.9 Å². The summed E-state index contributed by atoms with van der Waals surface area (Å²) < 4.78 is 22.2. The molecule has 0 aromatic carbocycles. The van der Waals surface area contributed by atoms with Gasteiger partial charge in [-0.3, -0.25) is 9.09 Å². The van der Waals surface area contributed by atoms with Crippen molar-refractivity contribution in [2.75, 3.05) is 12.3 Å². The first-order valence-electron chi connectivity index (χ1n) is 6.82. The molecular formula is C10H13N8O6P. The van der Waals surface area contributed by atoms with E-state index in [1.807, 2.05) is 0 Å². The van der Waals surface area contributed by atoms with Gasteiger partial charge in [0.2, 0.25) is 0 Å². The zero-order valence-corrected chi connectivity index (χ0v) is 13.3. The van der Waals surface area contributed by atoms with Crippen molar-refractivity contribution in [1.82, 2.24) is 19.5 Å². The molecule has 0 unspecified atom stereocenters. The second-order valence-corrected chi connectivity index (χ2v) is 6.36. The van der Waals surface area contributed by atoms with E-state index in [1.165, 1.54) is 17.2 Å². The zero-order valence-electron chi connectivity index (χ0n) is 12.4. The van der Waals surface area contributed by atoms with Crippen molar-refractivity contribution in [3.63, 3.8) is 0 Å². The van der Waals surface area contributed by atoms with Crippen molar-refractivity contribution in [2.24, 2.45) is 5.11 Å². The molecule has 3 heterocycles. The number of hydrogen-bond donors (Lipinski definition) is 4. The third kappa shape index (κ3) is 3.41. The van der Waals surface area contributed by atoms with Crippen molar-refractivity contribution >= 4 is 24.8 Å². The Balaban J connectivity index is 1.92. The first kappa shape index (κ1) is 17.5. The third-order valence-electron chi connectivity index (χ3n) is 3.59. The number of phosphoric ester groups is 1. The molecule has 5 N–H and O–H groups in total. The van der Waals surface area contributed by atoms with Crippen LogP contribution in [0.25, 0.3) is 21.6 Å². The van der Waals surface area contributed by atoms with Gasteiger partial charge in [-0.25, -0.2) is 19.5 Å². The fourth-order valence-electron chi connectivity index (χ4n) is 2.53. The lowest BCUT2D eigenvalue weighted by atomic mass is 10.1. The number of imidazole rings is 1. The van der Waals surface area contributed by atoms with Gasteiger partial charge in [0.05, 0.1) is 25.1 Å². The van der Waals surface area contributed by atoms with Gasteiger partial charge in [0, 0.05) is 4.91 Å². The molecule has 1 saturated heterocycles. The van der Waals surface area contributed by atoms with E-state index in [0.29, 0.717) is 0 Å². The number of ether oxygens (including phenoxy) is 1. The van der Waals surface area contributed by atoms with Gasteiger partial charge in [0.15, 0.2) is 17.7 Å². The largest absolute Gasteiger partial charge is 0.469 e. The number of aromatic nitrogens is 4. The Kier molecular flexibility index (Phi) is 4.58. The highest BCUT2D eigenvalue weighted by molar-refractivity contribution is 7.46. The van der Waals surface area contributed by atoms with Crippen molar-refractivity contribution < 1.29 is 28.7 Å². The third-order valence-corrected chi connectivity index (χ3v) is 4.08. The summed E-state index contributed by atoms with van der Waals surface area (Å²) in [5.74, 6) is 0.129. The maximum absolute atomic E-state index is 10.9. The lowest BCUT2D eigenvalue weighted by Crippen LogP contribution is -2.32. The molecular weight excluding hydrogens is 359 g/mol. The predicted molar refractivity (Wildman–Crippen MR) is 80.6 cm³/mol. The molecule has 0 bridgehead atoms. The number of nitrogens with two attached hydrogens (primary N) is 1. The number of azide groups is 1. The van der Waals surface area contributed by atoms with Gasteiger partial charge >= 0.3 is 7.82 Å². The topological polar surface area (TPSA) is 215 Å². The predicted octanol–water partition coefficient (Wildman–Crippen LogP) is -0.545. The minimum Gasteiger partial charge on any atom is -0.388 e. The van der Waals surface area contributed by atoms with Crippen LogP contribution in [0.3, 0.4) is 0 Å². The molecule has 2 aromatic rings. The van der Waals surface area contributed by atoms with Crippen LogP contribution in [-0.4, -0.2) is 59.3 Å². The molecule has 1 aliphatic heterocycles. The molecule has 25 heavy (non-hydrogen) atoms. The van der Waals surface area contributed by atoms with E-state index in [-0.39, 0.29) is 17.0 Å². The lowest BCUT2D eigenvalue weighted by molar-refractivity contribution is -0.0483. The quantitative estimate of drug-likeness (QED) is 0.227. The number of nitrogen functional groups attached to an aromatic ring is 1. The molecule has 15 heteroatoms. The molecule has 0 spiro atoms. The van der Waals surface area contributed by atoms with Crippen LogP contribution in [0.2, 0.25) is 0 Å². The highest BCUT2D eigenvalue weighted by Crippen LogP contribution is 2.39. The monoisotopic (exact) mass is 372 g/mol. The summed E-state index contributed by atoms with van der Waals surface area (Å²) in [4.78, 5) is 32.1. The summed E-state index contributed by atoms with van der Waals surface area (Å²) in [6.45, 7) is -0.592. The number of hydrogen-bond acceptors (Lipinski definition) is 9. The van der Waals surface area contributed by atoms with Crippen LogP contribution in [0, 0.1) is 0 Å². The Bertz CT molecular complexity index is 877. The minimum absolute atomic E-state index is 0.129. The van der Waals surface area contributed by atoms with Gasteiger partial charge in [-0.2, -0.15) is 0 Å². The second-order valence-electron chi connectivity index (χ2n) is 5.12. The molecule has 4 atom stereocenters. The first-order chi connectivity index (χ1) is 11.8. The molecule has 0 amide bonds. The summed E-state index contributed by atoms with van der Waals surface area (Å²) in [7, 11) is -4.76. The molecule has 2 aromatic heterocycles. The number of anilines is 1. The van der Waals surface area contributed by atoms with Crippen molar-refractivity contribution in [3.05, 3.63) is 23.1 Å². The van der Waals surface area contributed by atoms with Crippen molar-refractivity contribution in [3.8, 4) is 0 Å². The number of phosphoric acid groups is 1. The van der Waals surface area contributed by atoms with Crippen LogP contribution in [0.1, 0.15) is 6.23 Å². The van der Waals surface area contributed by atoms with Crippen molar-refractivity contribution in [1.29, 1.82) is 0 Å². The molecule has 1 fully saturated rings. The Morgan fingerprint density at radius 1 is 1.48 bits per heavy atom. The molecule has 1 aliphatic rings. The normalized spacial score (nSPS) is 26.7. The average molecular weight is 372 g/mol. The van der Waals surface area contributed by atoms with Gasteiger partial charge in [-0.15, -0.1) is 0 Å². The van der Waals surface area contributed by atoms with E-state index in [2.05, 4.69) is 29.5 Å². The second kappa shape index (κ2) is 6.54. The molecule has 0 saturated carbocycles. The Morgan fingerprint density at radius 3 is 2.92 bits per heavy atom. The fraction of sp³-hybridized carbons (Fsp3) is 0.500. The Labute approximate surface area is 139 Å². The molecule has 0 radical (unpaired) electrons. The van der Waals surface area contributed by atoms with E-state index in [9.17, 15) is 9.67 Å². The number of rotatable bonds is 5. The number of nitrogens with zero attached hydrogens (tertiary/aromatic N) is 7. The summed E-state index contributed by atoms with van der Waals surface area (Å²) in [6, 6.07) is -1.14. The van der Waals surface area contributed by atoms with Crippen molar-refractivity contribution in [2.45, 2.75) is 24.5 Å². The van der Waals surface area contributed by atoms with Gasteiger partial charge < -0.3 is 25.4 Å². The number of aliphatic hydroxyl groups excluding tert-OH is 1. The summed E-state index contributed by atoms with van der Waals surface area (Å²) in [5, 5.41) is 13.8. The Hall–Kier alpha value is -2.31. The van der Waals surface area contributed by atoms with Gasteiger partial charge in [0.25, 0.3) is 0 Å². The van der Waals surface area contributed by atoms with Gasteiger partial charge in [0.1, 0.15) is 17.9 Å². The van der Waals surface area contributed by atoms with Crippen LogP contribution in [0.4, 0.5) is 5.82 Å². The Morgan fingerprint density at radius 2 is 2.24 bits per heavy atom. The highest BCUT2D eigenvalue weighted by atomic mass is 31.2. The lowest BCUT2D eigenvalue weighted by Gasteiger charge is -2.16. The smallest absolute Gasteiger partial charge is 0.388 e. The van der Waals surface area contributed by atoms with Crippen LogP contribution in [0.5, 0.6) is 0 Å². The van der Waals surface area contributed by atoms with Gasteiger partial charge in [-0.1, -0.05) is 5.11 Å². The fourth-order valence-corrected chi connectivity index (χ4v) is 2.87.